The van der Waals surface area contributed by atoms with Gasteiger partial charge in [-0.05, 0) is 55.5 Å². The van der Waals surface area contributed by atoms with Gasteiger partial charge in [-0.15, -0.1) is 11.8 Å². The van der Waals surface area contributed by atoms with E-state index in [9.17, 15) is 0 Å². The smallest absolute Gasteiger partial charge is 0.0366 e. The molecule has 0 saturated heterocycles. The molecule has 2 aromatic carbocycles. The predicted molar refractivity (Wildman–Crippen MR) is 106 cm³/mol. The Morgan fingerprint density at radius 3 is 1.70 bits per heavy atom. The number of hydrogen-bond acceptors (Lipinski definition) is 2. The lowest BCUT2D eigenvalue weighted by atomic mass is 10.1. The Labute approximate surface area is 144 Å². The molecule has 0 N–H and O–H groups in total. The van der Waals surface area contributed by atoms with Crippen LogP contribution in [0.25, 0.3) is 12.2 Å². The van der Waals surface area contributed by atoms with Crippen molar-refractivity contribution in [1.29, 1.82) is 0 Å². The van der Waals surface area contributed by atoms with Crippen LogP contribution in [0.5, 0.6) is 0 Å². The fourth-order valence-electron chi connectivity index (χ4n) is 2.43. The summed E-state index contributed by atoms with van der Waals surface area (Å²) in [6.45, 7) is 6.47. The summed E-state index contributed by atoms with van der Waals surface area (Å²) in [6.07, 6.45) is 10.5. The zero-order valence-electron chi connectivity index (χ0n) is 14.2. The third-order valence-electron chi connectivity index (χ3n) is 3.83. The molecule has 0 bridgehead atoms. The molecular weight excluding hydrogens is 298 g/mol. The molecule has 2 rings (SSSR count). The Bertz CT molecular complexity index is 635. The van der Waals surface area contributed by atoms with Crippen molar-refractivity contribution < 1.29 is 0 Å². The number of anilines is 1. The van der Waals surface area contributed by atoms with Gasteiger partial charge in [-0.1, -0.05) is 48.6 Å². The van der Waals surface area contributed by atoms with Crippen molar-refractivity contribution in [3.05, 3.63) is 71.8 Å². The molecule has 2 aromatic rings. The summed E-state index contributed by atoms with van der Waals surface area (Å²) >= 11 is 1.77. The second-order valence-corrected chi connectivity index (χ2v) is 6.13. The van der Waals surface area contributed by atoms with Gasteiger partial charge in [-0.25, -0.2) is 0 Å². The van der Waals surface area contributed by atoms with E-state index in [4.69, 9.17) is 0 Å². The molecule has 0 fully saturated rings. The standard InChI is InChI=1S/C21H25NS/c1-4-22(5-2)20-14-10-18(11-15-20)8-6-7-9-19-12-16-21(23-3)17-13-19/h6-17H,4-5H2,1-3H3/b8-6+,9-7+. The van der Waals surface area contributed by atoms with Crippen LogP contribution in [0.4, 0.5) is 5.69 Å². The quantitative estimate of drug-likeness (QED) is 0.455. The van der Waals surface area contributed by atoms with E-state index in [1.807, 2.05) is 0 Å². The minimum Gasteiger partial charge on any atom is -0.372 e. The predicted octanol–water partition coefficient (Wildman–Crippen LogP) is 5.98. The van der Waals surface area contributed by atoms with E-state index in [0.29, 0.717) is 0 Å². The van der Waals surface area contributed by atoms with Crippen LogP contribution in [0.2, 0.25) is 0 Å². The first-order chi connectivity index (χ1) is 11.3. The van der Waals surface area contributed by atoms with Crippen molar-refractivity contribution in [3.8, 4) is 0 Å². The molecule has 0 aliphatic carbocycles. The van der Waals surface area contributed by atoms with Gasteiger partial charge < -0.3 is 4.90 Å². The molecule has 0 unspecified atom stereocenters. The van der Waals surface area contributed by atoms with E-state index in [-0.39, 0.29) is 0 Å². The molecule has 0 atom stereocenters. The third kappa shape index (κ3) is 5.33. The van der Waals surface area contributed by atoms with Crippen LogP contribution in [0.3, 0.4) is 0 Å². The van der Waals surface area contributed by atoms with Crippen molar-refractivity contribution in [2.45, 2.75) is 18.7 Å². The van der Waals surface area contributed by atoms with Gasteiger partial charge >= 0.3 is 0 Å². The fourth-order valence-corrected chi connectivity index (χ4v) is 2.84. The molecule has 1 nitrogen and oxygen atoms in total. The van der Waals surface area contributed by atoms with Gasteiger partial charge in [0, 0.05) is 23.7 Å². The highest BCUT2D eigenvalue weighted by atomic mass is 32.2. The van der Waals surface area contributed by atoms with Crippen LogP contribution >= 0.6 is 11.8 Å². The maximum atomic E-state index is 2.35. The van der Waals surface area contributed by atoms with Gasteiger partial charge in [0.2, 0.25) is 0 Å². The highest BCUT2D eigenvalue weighted by Gasteiger charge is 1.99. The molecule has 0 saturated carbocycles. The zero-order chi connectivity index (χ0) is 16.5. The van der Waals surface area contributed by atoms with E-state index in [1.54, 1.807) is 11.8 Å². The summed E-state index contributed by atoms with van der Waals surface area (Å²) in [6, 6.07) is 17.3. The second kappa shape index (κ2) is 9.26. The molecular formula is C21H25NS. The van der Waals surface area contributed by atoms with Crippen LogP contribution in [0.15, 0.2) is 65.6 Å². The average Bonchev–Trinajstić information content (AvgIpc) is 2.61. The van der Waals surface area contributed by atoms with Gasteiger partial charge in [0.1, 0.15) is 0 Å². The van der Waals surface area contributed by atoms with Crippen molar-refractivity contribution >= 4 is 29.6 Å². The number of thioether (sulfide) groups is 1. The van der Waals surface area contributed by atoms with Gasteiger partial charge in [0.15, 0.2) is 0 Å². The Kier molecular flexibility index (Phi) is 7.02. The van der Waals surface area contributed by atoms with Crippen molar-refractivity contribution in [1.82, 2.24) is 0 Å². The van der Waals surface area contributed by atoms with Gasteiger partial charge in [0.05, 0.1) is 0 Å². The Balaban J connectivity index is 1.95. The molecule has 0 aliphatic heterocycles. The van der Waals surface area contributed by atoms with Crippen molar-refractivity contribution in [2.24, 2.45) is 0 Å². The molecule has 2 heteroatoms. The first-order valence-corrected chi connectivity index (χ1v) is 9.33. The summed E-state index contributed by atoms with van der Waals surface area (Å²) < 4.78 is 0. The van der Waals surface area contributed by atoms with Crippen molar-refractivity contribution in [2.75, 3.05) is 24.2 Å². The minimum absolute atomic E-state index is 1.05. The Morgan fingerprint density at radius 2 is 1.26 bits per heavy atom. The lowest BCUT2D eigenvalue weighted by Gasteiger charge is -2.20. The molecule has 120 valence electrons. The summed E-state index contributed by atoms with van der Waals surface area (Å²) in [5.74, 6) is 0. The molecule has 23 heavy (non-hydrogen) atoms. The van der Waals surface area contributed by atoms with E-state index in [1.165, 1.54) is 21.7 Å². The monoisotopic (exact) mass is 323 g/mol. The minimum atomic E-state index is 1.05. The van der Waals surface area contributed by atoms with Crippen LogP contribution in [0, 0.1) is 0 Å². The molecule has 0 heterocycles. The molecule has 0 spiro atoms. The third-order valence-corrected chi connectivity index (χ3v) is 4.57. The topological polar surface area (TPSA) is 3.24 Å². The summed E-state index contributed by atoms with van der Waals surface area (Å²) in [5, 5.41) is 0. The van der Waals surface area contributed by atoms with Gasteiger partial charge in [-0.2, -0.15) is 0 Å². The number of allylic oxidation sites excluding steroid dienone is 2. The van der Waals surface area contributed by atoms with E-state index >= 15 is 0 Å². The highest BCUT2D eigenvalue weighted by Crippen LogP contribution is 2.17. The lowest BCUT2D eigenvalue weighted by Crippen LogP contribution is -2.21. The van der Waals surface area contributed by atoms with Gasteiger partial charge in [-0.3, -0.25) is 0 Å². The van der Waals surface area contributed by atoms with Crippen molar-refractivity contribution in [3.63, 3.8) is 0 Å². The van der Waals surface area contributed by atoms with Crippen LogP contribution < -0.4 is 4.90 Å². The Morgan fingerprint density at radius 1 is 0.783 bits per heavy atom. The van der Waals surface area contributed by atoms with Crippen LogP contribution in [0.1, 0.15) is 25.0 Å². The lowest BCUT2D eigenvalue weighted by molar-refractivity contribution is 0.866. The zero-order valence-corrected chi connectivity index (χ0v) is 15.0. The average molecular weight is 324 g/mol. The summed E-state index contributed by atoms with van der Waals surface area (Å²) in [5.41, 5.74) is 3.74. The Hall–Kier alpha value is -1.93. The van der Waals surface area contributed by atoms with E-state index in [0.717, 1.165) is 13.1 Å². The number of hydrogen-bond donors (Lipinski definition) is 0. The maximum Gasteiger partial charge on any atom is 0.0366 e. The van der Waals surface area contributed by atoms with Crippen LogP contribution in [-0.2, 0) is 0 Å². The van der Waals surface area contributed by atoms with E-state index in [2.05, 4.69) is 97.8 Å². The normalized spacial score (nSPS) is 11.4. The maximum absolute atomic E-state index is 2.35. The number of nitrogens with zero attached hydrogens (tertiary/aromatic N) is 1. The SMILES string of the molecule is CCN(CC)c1ccc(/C=C/C=C/c2ccc(SC)cc2)cc1. The second-order valence-electron chi connectivity index (χ2n) is 5.26. The fraction of sp³-hybridized carbons (Fsp3) is 0.238. The highest BCUT2D eigenvalue weighted by molar-refractivity contribution is 7.98. The van der Waals surface area contributed by atoms with Gasteiger partial charge in [0.25, 0.3) is 0 Å². The first kappa shape index (κ1) is 17.4. The largest absolute Gasteiger partial charge is 0.372 e. The molecule has 0 radical (unpaired) electrons. The number of rotatable bonds is 7. The molecule has 0 aliphatic rings. The molecule has 0 aromatic heterocycles. The van der Waals surface area contributed by atoms with Crippen LogP contribution in [-0.4, -0.2) is 19.3 Å². The summed E-state index contributed by atoms with van der Waals surface area (Å²) in [4.78, 5) is 3.65. The first-order valence-electron chi connectivity index (χ1n) is 8.10. The van der Waals surface area contributed by atoms with E-state index < -0.39 is 0 Å². The summed E-state index contributed by atoms with van der Waals surface area (Å²) in [7, 11) is 0. The number of benzene rings is 2. The molecule has 0 amide bonds.